The lowest BCUT2D eigenvalue weighted by Crippen LogP contribution is -2.01. The van der Waals surface area contributed by atoms with Gasteiger partial charge < -0.3 is 19.9 Å². The van der Waals surface area contributed by atoms with E-state index in [1.54, 1.807) is 0 Å². The van der Waals surface area contributed by atoms with Crippen LogP contribution in [0.5, 0.6) is 0 Å². The van der Waals surface area contributed by atoms with Crippen molar-refractivity contribution in [2.75, 3.05) is 6.61 Å². The second-order valence-corrected chi connectivity index (χ2v) is 8.36. The van der Waals surface area contributed by atoms with Gasteiger partial charge >= 0.3 is 5.97 Å². The van der Waals surface area contributed by atoms with E-state index in [0.717, 1.165) is 76.3 Å². The van der Waals surface area contributed by atoms with Crippen LogP contribution in [0.1, 0.15) is 94.4 Å². The molecule has 0 aromatic carbocycles. The van der Waals surface area contributed by atoms with E-state index in [9.17, 15) is 9.90 Å². The van der Waals surface area contributed by atoms with Gasteiger partial charge in [0.2, 0.25) is 0 Å². The third-order valence-corrected chi connectivity index (χ3v) is 5.67. The summed E-state index contributed by atoms with van der Waals surface area (Å²) in [5, 5.41) is 27.9. The molecule has 0 saturated carbocycles. The molecule has 5 heteroatoms. The normalized spacial score (nSPS) is 12.9. The second-order valence-electron chi connectivity index (χ2n) is 8.36. The van der Waals surface area contributed by atoms with E-state index in [1.165, 1.54) is 11.3 Å². The summed E-state index contributed by atoms with van der Waals surface area (Å²) in [6.45, 7) is 5.54. The van der Waals surface area contributed by atoms with E-state index in [2.05, 4.69) is 42.8 Å². The Morgan fingerprint density at radius 1 is 1.10 bits per heavy atom. The Balaban J connectivity index is 2.79. The van der Waals surface area contributed by atoms with Gasteiger partial charge in [-0.2, -0.15) is 0 Å². The summed E-state index contributed by atoms with van der Waals surface area (Å²) in [5.74, 6) is -0.745. The van der Waals surface area contributed by atoms with Crippen molar-refractivity contribution in [3.8, 4) is 0 Å². The van der Waals surface area contributed by atoms with Crippen LogP contribution in [0.25, 0.3) is 6.08 Å². The monoisotopic (exact) mass is 433 g/mol. The number of aliphatic hydroxyl groups is 2. The average molecular weight is 434 g/mol. The molecular weight excluding hydrogens is 390 g/mol. The summed E-state index contributed by atoms with van der Waals surface area (Å²) in [7, 11) is 0. The van der Waals surface area contributed by atoms with E-state index in [4.69, 9.17) is 10.2 Å². The van der Waals surface area contributed by atoms with Crippen molar-refractivity contribution in [3.05, 3.63) is 41.2 Å². The SMILES string of the molecule is CCCCCC(O)C=Cc1cn(CCCCCCO)c(C)c1C/C=C\CCCC(=O)O. The fourth-order valence-corrected chi connectivity index (χ4v) is 3.72. The number of aliphatic hydroxyl groups excluding tert-OH is 2. The number of allylic oxidation sites excluding steroid dienone is 2. The van der Waals surface area contributed by atoms with Crippen molar-refractivity contribution >= 4 is 12.0 Å². The number of carboxylic acid groups (broad SMARTS) is 1. The van der Waals surface area contributed by atoms with Crippen molar-refractivity contribution in [2.45, 2.75) is 104 Å². The van der Waals surface area contributed by atoms with Gasteiger partial charge in [0, 0.05) is 31.5 Å². The van der Waals surface area contributed by atoms with Crippen LogP contribution in [-0.2, 0) is 17.8 Å². The first kappa shape index (κ1) is 27.2. The Morgan fingerprint density at radius 2 is 1.87 bits per heavy atom. The number of rotatable bonds is 18. The van der Waals surface area contributed by atoms with Crippen LogP contribution in [0.3, 0.4) is 0 Å². The summed E-state index contributed by atoms with van der Waals surface area (Å²) in [5.41, 5.74) is 3.66. The highest BCUT2D eigenvalue weighted by molar-refractivity contribution is 5.66. The van der Waals surface area contributed by atoms with Crippen molar-refractivity contribution in [3.63, 3.8) is 0 Å². The summed E-state index contributed by atoms with van der Waals surface area (Å²) in [4.78, 5) is 10.6. The molecule has 176 valence electrons. The number of aromatic nitrogens is 1. The molecule has 1 aromatic heterocycles. The zero-order valence-corrected chi connectivity index (χ0v) is 19.6. The highest BCUT2D eigenvalue weighted by Crippen LogP contribution is 2.22. The zero-order chi connectivity index (χ0) is 22.9. The molecule has 1 atom stereocenters. The topological polar surface area (TPSA) is 82.7 Å². The molecule has 0 amide bonds. The molecule has 1 unspecified atom stereocenters. The van der Waals surface area contributed by atoms with Crippen molar-refractivity contribution in [2.24, 2.45) is 0 Å². The maximum Gasteiger partial charge on any atom is 0.303 e. The summed E-state index contributed by atoms with van der Waals surface area (Å²) in [6.07, 6.45) is 20.7. The van der Waals surface area contributed by atoms with E-state index in [1.807, 2.05) is 6.08 Å². The smallest absolute Gasteiger partial charge is 0.303 e. The molecule has 0 saturated heterocycles. The summed E-state index contributed by atoms with van der Waals surface area (Å²) >= 11 is 0. The first-order chi connectivity index (χ1) is 15.0. The van der Waals surface area contributed by atoms with Crippen molar-refractivity contribution < 1.29 is 20.1 Å². The van der Waals surface area contributed by atoms with Gasteiger partial charge in [0.05, 0.1) is 6.10 Å². The number of carboxylic acids is 1. The molecule has 0 aliphatic heterocycles. The van der Waals surface area contributed by atoms with Crippen LogP contribution in [0, 0.1) is 6.92 Å². The predicted octanol–water partition coefficient (Wildman–Crippen LogP) is 5.66. The summed E-state index contributed by atoms with van der Waals surface area (Å²) in [6, 6.07) is 0. The molecule has 0 radical (unpaired) electrons. The van der Waals surface area contributed by atoms with Gasteiger partial charge in [0.25, 0.3) is 0 Å². The number of aryl methyl sites for hydroxylation is 1. The molecule has 1 heterocycles. The summed E-state index contributed by atoms with van der Waals surface area (Å²) < 4.78 is 2.30. The Kier molecular flexibility index (Phi) is 14.7. The first-order valence-corrected chi connectivity index (χ1v) is 12.0. The van der Waals surface area contributed by atoms with E-state index in [-0.39, 0.29) is 13.0 Å². The Labute approximate surface area is 188 Å². The van der Waals surface area contributed by atoms with E-state index >= 15 is 0 Å². The maximum atomic E-state index is 10.6. The fraction of sp³-hybridized carbons (Fsp3) is 0.654. The van der Waals surface area contributed by atoms with Gasteiger partial charge in [0.15, 0.2) is 0 Å². The van der Waals surface area contributed by atoms with Crippen LogP contribution in [-0.4, -0.2) is 38.6 Å². The van der Waals surface area contributed by atoms with Gasteiger partial charge in [0.1, 0.15) is 0 Å². The van der Waals surface area contributed by atoms with Crippen LogP contribution in [0.4, 0.5) is 0 Å². The molecule has 0 spiro atoms. The van der Waals surface area contributed by atoms with Crippen molar-refractivity contribution in [1.82, 2.24) is 4.57 Å². The van der Waals surface area contributed by atoms with Crippen molar-refractivity contribution in [1.29, 1.82) is 0 Å². The molecule has 1 rings (SSSR count). The molecule has 0 fully saturated rings. The van der Waals surface area contributed by atoms with E-state index in [0.29, 0.717) is 6.42 Å². The quantitative estimate of drug-likeness (QED) is 0.206. The molecule has 1 aromatic rings. The third-order valence-electron chi connectivity index (χ3n) is 5.67. The minimum atomic E-state index is -0.745. The third kappa shape index (κ3) is 11.9. The average Bonchev–Trinajstić information content (AvgIpc) is 3.03. The minimum absolute atomic E-state index is 0.208. The first-order valence-electron chi connectivity index (χ1n) is 12.0. The molecule has 31 heavy (non-hydrogen) atoms. The molecule has 3 N–H and O–H groups in total. The van der Waals surface area contributed by atoms with Gasteiger partial charge in [-0.05, 0) is 56.6 Å². The Bertz CT molecular complexity index is 675. The largest absolute Gasteiger partial charge is 0.481 e. The molecule has 5 nitrogen and oxygen atoms in total. The van der Waals surface area contributed by atoms with E-state index < -0.39 is 12.1 Å². The van der Waals surface area contributed by atoms with Gasteiger partial charge in [-0.1, -0.05) is 63.3 Å². The lowest BCUT2D eigenvalue weighted by atomic mass is 10.0. The highest BCUT2D eigenvalue weighted by atomic mass is 16.4. The lowest BCUT2D eigenvalue weighted by Gasteiger charge is -2.07. The van der Waals surface area contributed by atoms with Crippen LogP contribution in [0.2, 0.25) is 0 Å². The van der Waals surface area contributed by atoms with Gasteiger partial charge in [-0.25, -0.2) is 0 Å². The Morgan fingerprint density at radius 3 is 2.58 bits per heavy atom. The zero-order valence-electron chi connectivity index (χ0n) is 19.6. The molecule has 0 aliphatic rings. The highest BCUT2D eigenvalue weighted by Gasteiger charge is 2.10. The maximum absolute atomic E-state index is 10.6. The lowest BCUT2D eigenvalue weighted by molar-refractivity contribution is -0.137. The second kappa shape index (κ2) is 16.8. The molecular formula is C26H43NO4. The molecule has 0 bridgehead atoms. The number of hydrogen-bond acceptors (Lipinski definition) is 3. The van der Waals surface area contributed by atoms with Gasteiger partial charge in [-0.3, -0.25) is 4.79 Å². The van der Waals surface area contributed by atoms with Crippen LogP contribution in [0.15, 0.2) is 24.4 Å². The fourth-order valence-electron chi connectivity index (χ4n) is 3.72. The van der Waals surface area contributed by atoms with Gasteiger partial charge in [-0.15, -0.1) is 0 Å². The van der Waals surface area contributed by atoms with Crippen LogP contribution >= 0.6 is 0 Å². The minimum Gasteiger partial charge on any atom is -0.481 e. The standard InChI is InChI=1S/C26H43NO4/c1-3-4-9-14-24(29)18-17-23-21-27(19-12-7-8-13-20-28)22(2)25(23)15-10-5-6-11-16-26(30)31/h5,10,17-18,21,24,28-29H,3-4,6-9,11-16,19-20H2,1-2H3,(H,30,31)/b10-5-,18-17?. The number of unbranched alkanes of at least 4 members (excludes halogenated alkanes) is 6. The Hall–Kier alpha value is -1.85. The number of nitrogens with zero attached hydrogens (tertiary/aromatic N) is 1. The number of hydrogen-bond donors (Lipinski definition) is 3. The molecule has 0 aliphatic carbocycles. The van der Waals surface area contributed by atoms with Crippen LogP contribution < -0.4 is 0 Å². The predicted molar refractivity (Wildman–Crippen MR) is 128 cm³/mol. The number of carbonyl (C=O) groups is 1. The number of aliphatic carboxylic acids is 1.